The van der Waals surface area contributed by atoms with E-state index in [1.165, 1.54) is 12.1 Å². The van der Waals surface area contributed by atoms with E-state index in [1.807, 2.05) is 19.0 Å². The summed E-state index contributed by atoms with van der Waals surface area (Å²) in [6.07, 6.45) is 1.54. The second kappa shape index (κ2) is 5.05. The molecular weight excluding hydrogens is 184 g/mol. The maximum absolute atomic E-state index is 13.1. The van der Waals surface area contributed by atoms with Crippen molar-refractivity contribution >= 4 is 0 Å². The summed E-state index contributed by atoms with van der Waals surface area (Å²) in [6.45, 7) is 0.914. The number of rotatable bonds is 4. The molecule has 0 aliphatic carbocycles. The van der Waals surface area contributed by atoms with Crippen LogP contribution in [0.4, 0.5) is 8.78 Å². The topological polar surface area (TPSA) is 3.24 Å². The Balaban J connectivity index is 2.51. The van der Waals surface area contributed by atoms with Gasteiger partial charge in [-0.1, -0.05) is 6.07 Å². The number of benzene rings is 1. The lowest BCUT2D eigenvalue weighted by Crippen LogP contribution is -2.13. The van der Waals surface area contributed by atoms with Gasteiger partial charge in [-0.3, -0.25) is 0 Å². The van der Waals surface area contributed by atoms with Gasteiger partial charge in [0.15, 0.2) is 0 Å². The van der Waals surface area contributed by atoms with Gasteiger partial charge in [0.05, 0.1) is 0 Å². The number of nitrogens with zero attached hydrogens (tertiary/aromatic N) is 1. The Bertz CT molecular complexity index is 297. The Hall–Kier alpha value is -0.960. The van der Waals surface area contributed by atoms with E-state index >= 15 is 0 Å². The van der Waals surface area contributed by atoms with Crippen LogP contribution >= 0.6 is 0 Å². The zero-order chi connectivity index (χ0) is 10.6. The van der Waals surface area contributed by atoms with Crippen LogP contribution in [-0.4, -0.2) is 25.5 Å². The highest BCUT2D eigenvalue weighted by atomic mass is 19.1. The van der Waals surface area contributed by atoms with Crippen LogP contribution in [0.1, 0.15) is 12.0 Å². The van der Waals surface area contributed by atoms with Gasteiger partial charge in [0.25, 0.3) is 0 Å². The van der Waals surface area contributed by atoms with Crippen molar-refractivity contribution in [2.45, 2.75) is 12.8 Å². The Labute approximate surface area is 83.3 Å². The molecule has 1 nitrogen and oxygen atoms in total. The molecule has 0 N–H and O–H groups in total. The third kappa shape index (κ3) is 3.42. The molecule has 14 heavy (non-hydrogen) atoms. The number of hydrogen-bond acceptors (Lipinski definition) is 1. The Morgan fingerprint density at radius 1 is 1.21 bits per heavy atom. The van der Waals surface area contributed by atoms with Crippen LogP contribution in [0.2, 0.25) is 0 Å². The quantitative estimate of drug-likeness (QED) is 0.720. The molecule has 0 unspecified atom stereocenters. The predicted octanol–water partition coefficient (Wildman–Crippen LogP) is 2.46. The largest absolute Gasteiger partial charge is 0.309 e. The second-order valence-corrected chi connectivity index (χ2v) is 3.64. The summed E-state index contributed by atoms with van der Waals surface area (Å²) in [7, 11) is 3.95. The average molecular weight is 199 g/mol. The van der Waals surface area contributed by atoms with Crippen molar-refractivity contribution < 1.29 is 8.78 Å². The molecule has 3 heteroatoms. The van der Waals surface area contributed by atoms with Crippen LogP contribution in [0.25, 0.3) is 0 Å². The van der Waals surface area contributed by atoms with Crippen molar-refractivity contribution in [3.63, 3.8) is 0 Å². The van der Waals surface area contributed by atoms with Gasteiger partial charge in [-0.25, -0.2) is 8.78 Å². The Morgan fingerprint density at radius 3 is 2.50 bits per heavy atom. The normalized spacial score (nSPS) is 10.9. The molecule has 1 rings (SSSR count). The summed E-state index contributed by atoms with van der Waals surface area (Å²) in [5.41, 5.74) is 0.591. The van der Waals surface area contributed by atoms with E-state index in [9.17, 15) is 8.78 Å². The Morgan fingerprint density at radius 2 is 1.93 bits per heavy atom. The van der Waals surface area contributed by atoms with Gasteiger partial charge in [0, 0.05) is 6.07 Å². The minimum atomic E-state index is -0.515. The van der Waals surface area contributed by atoms with Gasteiger partial charge in [-0.05, 0) is 45.1 Å². The molecule has 0 radical (unpaired) electrons. The van der Waals surface area contributed by atoms with Gasteiger partial charge in [-0.2, -0.15) is 0 Å². The maximum atomic E-state index is 13.1. The first-order chi connectivity index (χ1) is 6.59. The molecule has 0 aromatic heterocycles. The van der Waals surface area contributed by atoms with Gasteiger partial charge in [-0.15, -0.1) is 0 Å². The van der Waals surface area contributed by atoms with E-state index in [0.717, 1.165) is 19.0 Å². The highest BCUT2D eigenvalue weighted by Crippen LogP contribution is 2.11. The van der Waals surface area contributed by atoms with Crippen molar-refractivity contribution in [2.75, 3.05) is 20.6 Å². The molecule has 1 aromatic rings. The zero-order valence-corrected chi connectivity index (χ0v) is 8.56. The average Bonchev–Trinajstić information content (AvgIpc) is 2.08. The van der Waals surface area contributed by atoms with Crippen LogP contribution in [0.15, 0.2) is 18.2 Å². The molecule has 1 aromatic carbocycles. The first kappa shape index (κ1) is 11.1. The molecular formula is C11H15F2N. The highest BCUT2D eigenvalue weighted by Gasteiger charge is 2.03. The van der Waals surface area contributed by atoms with Crippen molar-refractivity contribution in [2.24, 2.45) is 0 Å². The van der Waals surface area contributed by atoms with Crippen LogP contribution in [0.3, 0.4) is 0 Å². The summed E-state index contributed by atoms with van der Waals surface area (Å²) >= 11 is 0. The van der Waals surface area contributed by atoms with Crippen LogP contribution in [0, 0.1) is 11.6 Å². The molecule has 0 saturated heterocycles. The molecule has 0 heterocycles. The fourth-order valence-corrected chi connectivity index (χ4v) is 1.31. The van der Waals surface area contributed by atoms with Gasteiger partial charge in [0.1, 0.15) is 11.6 Å². The van der Waals surface area contributed by atoms with Crippen LogP contribution in [0.5, 0.6) is 0 Å². The molecule has 0 amide bonds. The third-order valence-corrected chi connectivity index (χ3v) is 2.07. The SMILES string of the molecule is CN(C)CCCc1ccc(F)cc1F. The molecule has 0 aliphatic rings. The van der Waals surface area contributed by atoms with Crippen molar-refractivity contribution in [1.82, 2.24) is 4.90 Å². The monoisotopic (exact) mass is 199 g/mol. The highest BCUT2D eigenvalue weighted by molar-refractivity contribution is 5.18. The van der Waals surface area contributed by atoms with Crippen LogP contribution in [-0.2, 0) is 6.42 Å². The standard InChI is InChI=1S/C11H15F2N/c1-14(2)7-3-4-9-5-6-10(12)8-11(9)13/h5-6,8H,3-4,7H2,1-2H3. The summed E-state index contributed by atoms with van der Waals surface area (Å²) < 4.78 is 25.7. The first-order valence-corrected chi connectivity index (χ1v) is 4.68. The number of hydrogen-bond donors (Lipinski definition) is 0. The zero-order valence-electron chi connectivity index (χ0n) is 8.56. The molecule has 0 aliphatic heterocycles. The van der Waals surface area contributed by atoms with Crippen molar-refractivity contribution in [3.8, 4) is 0 Å². The van der Waals surface area contributed by atoms with E-state index in [1.54, 1.807) is 0 Å². The number of halogens is 2. The van der Waals surface area contributed by atoms with Crippen molar-refractivity contribution in [3.05, 3.63) is 35.4 Å². The first-order valence-electron chi connectivity index (χ1n) is 4.68. The van der Waals surface area contributed by atoms with E-state index in [0.29, 0.717) is 12.0 Å². The molecule has 0 atom stereocenters. The fourth-order valence-electron chi connectivity index (χ4n) is 1.31. The molecule has 0 bridgehead atoms. The summed E-state index contributed by atoms with van der Waals surface area (Å²) in [5.74, 6) is -0.956. The molecule has 0 spiro atoms. The maximum Gasteiger partial charge on any atom is 0.129 e. The predicted molar refractivity (Wildman–Crippen MR) is 53.2 cm³/mol. The van der Waals surface area contributed by atoms with Crippen molar-refractivity contribution in [1.29, 1.82) is 0 Å². The van der Waals surface area contributed by atoms with Gasteiger partial charge in [0.2, 0.25) is 0 Å². The van der Waals surface area contributed by atoms with E-state index in [4.69, 9.17) is 0 Å². The third-order valence-electron chi connectivity index (χ3n) is 2.07. The lowest BCUT2D eigenvalue weighted by molar-refractivity contribution is 0.398. The lowest BCUT2D eigenvalue weighted by Gasteiger charge is -2.09. The smallest absolute Gasteiger partial charge is 0.129 e. The summed E-state index contributed by atoms with van der Waals surface area (Å²) in [5, 5.41) is 0. The lowest BCUT2D eigenvalue weighted by atomic mass is 10.1. The fraction of sp³-hybridized carbons (Fsp3) is 0.455. The minimum Gasteiger partial charge on any atom is -0.309 e. The van der Waals surface area contributed by atoms with Crippen LogP contribution < -0.4 is 0 Å². The second-order valence-electron chi connectivity index (χ2n) is 3.64. The summed E-state index contributed by atoms with van der Waals surface area (Å²) in [4.78, 5) is 2.04. The summed E-state index contributed by atoms with van der Waals surface area (Å²) in [6, 6.07) is 3.75. The van der Waals surface area contributed by atoms with E-state index in [2.05, 4.69) is 0 Å². The van der Waals surface area contributed by atoms with Gasteiger partial charge >= 0.3 is 0 Å². The van der Waals surface area contributed by atoms with E-state index < -0.39 is 11.6 Å². The molecule has 0 fully saturated rings. The molecule has 0 saturated carbocycles. The number of aryl methyl sites for hydroxylation is 1. The molecule has 78 valence electrons. The van der Waals surface area contributed by atoms with Gasteiger partial charge < -0.3 is 4.90 Å². The Kier molecular flexibility index (Phi) is 4.01. The minimum absolute atomic E-state index is 0.441. The van der Waals surface area contributed by atoms with E-state index in [-0.39, 0.29) is 0 Å².